The Morgan fingerprint density at radius 1 is 0.789 bits per heavy atom. The zero-order valence-corrected chi connectivity index (χ0v) is 10.7. The smallest absolute Gasteiger partial charge is 0.263 e. The Balaban J connectivity index is 2.01. The van der Waals surface area contributed by atoms with Crippen molar-refractivity contribution in [3.63, 3.8) is 0 Å². The number of fused-ring (bicyclic) bond motifs is 1. The quantitative estimate of drug-likeness (QED) is 0.478. The lowest BCUT2D eigenvalue weighted by Gasteiger charge is -2.20. The van der Waals surface area contributed by atoms with Gasteiger partial charge in [-0.3, -0.25) is 14.5 Å². The minimum absolute atomic E-state index is 0.343. The predicted octanol–water partition coefficient (Wildman–Crippen LogP) is 3.22. The number of imide groups is 1. The second kappa shape index (κ2) is 4.52. The van der Waals surface area contributed by atoms with Crippen LogP contribution in [0.1, 0.15) is 31.8 Å². The highest BCUT2D eigenvalue weighted by Crippen LogP contribution is 2.33. The molecule has 0 spiro atoms. The van der Waals surface area contributed by atoms with Gasteiger partial charge in [-0.15, -0.1) is 0 Å². The number of halogens is 1. The predicted molar refractivity (Wildman–Crippen MR) is 72.0 cm³/mol. The lowest BCUT2D eigenvalue weighted by molar-refractivity contribution is 0.0633. The molecule has 1 unspecified atom stereocenters. The largest absolute Gasteiger partial charge is 0.269 e. The van der Waals surface area contributed by atoms with Crippen LogP contribution < -0.4 is 0 Å². The molecule has 0 aromatic heterocycles. The molecule has 0 saturated carbocycles. The number of carbonyl (C=O) groups excluding carboxylic acids is 2. The van der Waals surface area contributed by atoms with Crippen molar-refractivity contribution in [3.8, 4) is 0 Å². The van der Waals surface area contributed by atoms with Crippen molar-refractivity contribution < 1.29 is 9.59 Å². The van der Waals surface area contributed by atoms with Crippen LogP contribution in [-0.2, 0) is 0 Å². The first kappa shape index (κ1) is 11.9. The molecule has 2 aromatic carbocycles. The average molecular weight is 272 g/mol. The minimum Gasteiger partial charge on any atom is -0.269 e. The second-order valence-corrected chi connectivity index (χ2v) is 4.69. The summed E-state index contributed by atoms with van der Waals surface area (Å²) in [5.41, 5.74) is 0.760. The summed E-state index contributed by atoms with van der Waals surface area (Å²) in [6.45, 7) is 0. The molecule has 1 heterocycles. The van der Waals surface area contributed by atoms with E-state index in [4.69, 9.17) is 11.6 Å². The highest BCUT2D eigenvalue weighted by Gasteiger charge is 2.39. The molecule has 4 heteroatoms. The molecule has 0 aliphatic carbocycles. The van der Waals surface area contributed by atoms with E-state index in [0.717, 1.165) is 10.5 Å². The van der Waals surface area contributed by atoms with Crippen LogP contribution in [0, 0.1) is 0 Å². The first-order valence-electron chi connectivity index (χ1n) is 5.86. The zero-order chi connectivity index (χ0) is 13.4. The van der Waals surface area contributed by atoms with Gasteiger partial charge in [-0.25, -0.2) is 0 Å². The average Bonchev–Trinajstić information content (AvgIpc) is 2.72. The number of hydrogen-bond donors (Lipinski definition) is 0. The lowest BCUT2D eigenvalue weighted by atomic mass is 10.1. The SMILES string of the molecule is O=C1c2ccccc2C(=O)N1C(Cl)c1ccccc1. The van der Waals surface area contributed by atoms with Crippen LogP contribution in [0.15, 0.2) is 54.6 Å². The van der Waals surface area contributed by atoms with E-state index in [1.165, 1.54) is 0 Å². The Kier molecular flexibility index (Phi) is 2.84. The molecule has 0 N–H and O–H groups in total. The fourth-order valence-electron chi connectivity index (χ4n) is 2.17. The lowest BCUT2D eigenvalue weighted by Crippen LogP contribution is -2.31. The Bertz CT molecular complexity index is 619. The summed E-state index contributed by atoms with van der Waals surface area (Å²) in [6, 6.07) is 15.8. The van der Waals surface area contributed by atoms with Gasteiger partial charge in [-0.2, -0.15) is 0 Å². The number of carbonyl (C=O) groups is 2. The second-order valence-electron chi connectivity index (χ2n) is 4.27. The highest BCUT2D eigenvalue weighted by atomic mass is 35.5. The molecule has 1 aliphatic rings. The van der Waals surface area contributed by atoms with Crippen LogP contribution >= 0.6 is 11.6 Å². The summed E-state index contributed by atoms with van der Waals surface area (Å²) in [6.07, 6.45) is 0. The summed E-state index contributed by atoms with van der Waals surface area (Å²) in [5.74, 6) is -0.686. The van der Waals surface area contributed by atoms with Crippen molar-refractivity contribution in [3.05, 3.63) is 71.3 Å². The van der Waals surface area contributed by atoms with Crippen molar-refractivity contribution in [2.24, 2.45) is 0 Å². The molecular weight excluding hydrogens is 262 g/mol. The van der Waals surface area contributed by atoms with Crippen molar-refractivity contribution in [2.75, 3.05) is 0 Å². The third-order valence-corrected chi connectivity index (χ3v) is 3.57. The van der Waals surface area contributed by atoms with Gasteiger partial charge in [0.1, 0.15) is 5.50 Å². The zero-order valence-electron chi connectivity index (χ0n) is 9.92. The Morgan fingerprint density at radius 2 is 1.26 bits per heavy atom. The molecule has 3 rings (SSSR count). The number of alkyl halides is 1. The fourth-order valence-corrected chi connectivity index (χ4v) is 2.50. The molecule has 3 nitrogen and oxygen atoms in total. The van der Waals surface area contributed by atoms with E-state index in [1.54, 1.807) is 36.4 Å². The van der Waals surface area contributed by atoms with Gasteiger partial charge in [-0.1, -0.05) is 54.1 Å². The number of hydrogen-bond acceptors (Lipinski definition) is 2. The van der Waals surface area contributed by atoms with Crippen LogP contribution in [0.2, 0.25) is 0 Å². The summed E-state index contributed by atoms with van der Waals surface area (Å²) >= 11 is 6.28. The molecular formula is C15H10ClNO2. The summed E-state index contributed by atoms with van der Waals surface area (Å²) in [4.78, 5) is 25.6. The van der Waals surface area contributed by atoms with Gasteiger partial charge in [0.05, 0.1) is 11.1 Å². The first-order valence-corrected chi connectivity index (χ1v) is 6.30. The van der Waals surface area contributed by atoms with Crippen LogP contribution in [0.4, 0.5) is 0 Å². The molecule has 0 saturated heterocycles. The van der Waals surface area contributed by atoms with E-state index >= 15 is 0 Å². The van der Waals surface area contributed by atoms with E-state index in [1.807, 2.05) is 18.2 Å². The monoisotopic (exact) mass is 271 g/mol. The third kappa shape index (κ3) is 1.83. The maximum Gasteiger partial charge on any atom is 0.263 e. The highest BCUT2D eigenvalue weighted by molar-refractivity contribution is 6.28. The van der Waals surface area contributed by atoms with E-state index in [-0.39, 0.29) is 11.8 Å². The van der Waals surface area contributed by atoms with Gasteiger partial charge in [0.15, 0.2) is 0 Å². The first-order chi connectivity index (χ1) is 9.20. The maximum absolute atomic E-state index is 12.2. The van der Waals surface area contributed by atoms with Gasteiger partial charge >= 0.3 is 0 Å². The number of nitrogens with zero attached hydrogens (tertiary/aromatic N) is 1. The van der Waals surface area contributed by atoms with Crippen LogP contribution in [0.3, 0.4) is 0 Å². The van der Waals surface area contributed by atoms with E-state index in [9.17, 15) is 9.59 Å². The van der Waals surface area contributed by atoms with Gasteiger partial charge in [0.2, 0.25) is 0 Å². The van der Waals surface area contributed by atoms with Crippen molar-refractivity contribution in [1.29, 1.82) is 0 Å². The number of benzene rings is 2. The van der Waals surface area contributed by atoms with Gasteiger partial charge in [0, 0.05) is 0 Å². The molecule has 0 fully saturated rings. The van der Waals surface area contributed by atoms with Crippen LogP contribution in [-0.4, -0.2) is 16.7 Å². The summed E-state index contributed by atoms with van der Waals surface area (Å²) < 4.78 is 0. The van der Waals surface area contributed by atoms with Crippen molar-refractivity contribution in [2.45, 2.75) is 5.50 Å². The molecule has 0 bridgehead atoms. The fraction of sp³-hybridized carbons (Fsp3) is 0.0667. The topological polar surface area (TPSA) is 37.4 Å². The Labute approximate surface area is 115 Å². The normalized spacial score (nSPS) is 15.5. The standard InChI is InChI=1S/C15H10ClNO2/c16-13(10-6-2-1-3-7-10)17-14(18)11-8-4-5-9-12(11)15(17)19/h1-9,13H. The molecule has 2 aromatic rings. The van der Waals surface area contributed by atoms with E-state index in [2.05, 4.69) is 0 Å². The van der Waals surface area contributed by atoms with Gasteiger partial charge in [-0.05, 0) is 17.7 Å². The maximum atomic E-state index is 12.2. The van der Waals surface area contributed by atoms with Crippen LogP contribution in [0.25, 0.3) is 0 Å². The van der Waals surface area contributed by atoms with Gasteiger partial charge < -0.3 is 0 Å². The van der Waals surface area contributed by atoms with E-state index < -0.39 is 5.50 Å². The molecule has 94 valence electrons. The van der Waals surface area contributed by atoms with Crippen molar-refractivity contribution >= 4 is 23.4 Å². The summed E-state index contributed by atoms with van der Waals surface area (Å²) in [7, 11) is 0. The number of rotatable bonds is 2. The van der Waals surface area contributed by atoms with Crippen LogP contribution in [0.5, 0.6) is 0 Å². The van der Waals surface area contributed by atoms with E-state index in [0.29, 0.717) is 11.1 Å². The molecule has 1 atom stereocenters. The summed E-state index contributed by atoms with van der Waals surface area (Å²) in [5, 5.41) is 0. The molecule has 19 heavy (non-hydrogen) atoms. The van der Waals surface area contributed by atoms with Gasteiger partial charge in [0.25, 0.3) is 11.8 Å². The Hall–Kier alpha value is -2.13. The van der Waals surface area contributed by atoms with Crippen molar-refractivity contribution in [1.82, 2.24) is 4.90 Å². The minimum atomic E-state index is -0.784. The number of amides is 2. The molecule has 1 aliphatic heterocycles. The molecule has 0 radical (unpaired) electrons. The molecule has 2 amide bonds. The Morgan fingerprint density at radius 3 is 1.79 bits per heavy atom. The third-order valence-electron chi connectivity index (χ3n) is 3.13.